The molecule has 0 aliphatic rings. The molecule has 0 aliphatic heterocycles. The number of thiazole rings is 1. The lowest BCUT2D eigenvalue weighted by Gasteiger charge is -2.12. The summed E-state index contributed by atoms with van der Waals surface area (Å²) in [5.74, 6) is 0. The zero-order chi connectivity index (χ0) is 12.5. The Morgan fingerprint density at radius 2 is 2.33 bits per heavy atom. The maximum atomic E-state index is 6.10. The van der Waals surface area contributed by atoms with Crippen molar-refractivity contribution >= 4 is 21.6 Å². The zero-order valence-electron chi connectivity index (χ0n) is 10.1. The van der Waals surface area contributed by atoms with Gasteiger partial charge in [-0.1, -0.05) is 6.92 Å². The third-order valence-corrected chi connectivity index (χ3v) is 3.87. The minimum Gasteiger partial charge on any atom is -0.323 e. The van der Waals surface area contributed by atoms with Crippen LogP contribution in [0.15, 0.2) is 36.2 Å². The number of imidazole rings is 1. The molecule has 18 heavy (non-hydrogen) atoms. The Bertz CT molecular complexity index is 670. The van der Waals surface area contributed by atoms with E-state index in [1.165, 1.54) is 4.70 Å². The van der Waals surface area contributed by atoms with Gasteiger partial charge in [-0.05, 0) is 24.6 Å². The number of rotatable bonds is 3. The molecule has 0 saturated heterocycles. The molecule has 0 fully saturated rings. The molecular formula is C13H14N4S. The zero-order valence-corrected chi connectivity index (χ0v) is 10.9. The molecule has 3 rings (SSSR count). The van der Waals surface area contributed by atoms with Gasteiger partial charge in [0.1, 0.15) is 0 Å². The van der Waals surface area contributed by atoms with Gasteiger partial charge in [-0.3, -0.25) is 0 Å². The smallest absolute Gasteiger partial charge is 0.0994 e. The van der Waals surface area contributed by atoms with E-state index in [1.807, 2.05) is 28.7 Å². The van der Waals surface area contributed by atoms with Gasteiger partial charge in [-0.25, -0.2) is 9.97 Å². The van der Waals surface area contributed by atoms with Crippen LogP contribution in [0.25, 0.3) is 15.9 Å². The van der Waals surface area contributed by atoms with E-state index in [-0.39, 0.29) is 6.04 Å². The van der Waals surface area contributed by atoms with Crippen molar-refractivity contribution in [2.75, 3.05) is 0 Å². The topological polar surface area (TPSA) is 56.7 Å². The normalized spacial score (nSPS) is 13.0. The molecule has 3 aromatic rings. The Morgan fingerprint density at radius 3 is 3.17 bits per heavy atom. The maximum Gasteiger partial charge on any atom is 0.0994 e. The summed E-state index contributed by atoms with van der Waals surface area (Å²) in [6.07, 6.45) is 4.55. The molecule has 0 aliphatic carbocycles. The van der Waals surface area contributed by atoms with E-state index >= 15 is 0 Å². The van der Waals surface area contributed by atoms with Gasteiger partial charge in [-0.2, -0.15) is 0 Å². The summed E-state index contributed by atoms with van der Waals surface area (Å²) in [5.41, 5.74) is 11.1. The van der Waals surface area contributed by atoms with Crippen molar-refractivity contribution in [2.45, 2.75) is 19.4 Å². The molecular weight excluding hydrogens is 244 g/mol. The minimum absolute atomic E-state index is 0.0182. The average Bonchev–Trinajstić information content (AvgIpc) is 3.05. The van der Waals surface area contributed by atoms with Crippen molar-refractivity contribution in [1.82, 2.24) is 14.5 Å². The molecule has 92 valence electrons. The molecule has 0 radical (unpaired) electrons. The Labute approximate surface area is 109 Å². The lowest BCUT2D eigenvalue weighted by Crippen LogP contribution is -2.13. The average molecular weight is 258 g/mol. The number of fused-ring (bicyclic) bond motifs is 1. The number of hydrogen-bond acceptors (Lipinski definition) is 4. The van der Waals surface area contributed by atoms with Crippen LogP contribution >= 0.6 is 11.3 Å². The first-order valence-electron chi connectivity index (χ1n) is 5.91. The van der Waals surface area contributed by atoms with Crippen molar-refractivity contribution in [2.24, 2.45) is 5.73 Å². The van der Waals surface area contributed by atoms with E-state index in [4.69, 9.17) is 5.73 Å². The predicted molar refractivity (Wildman–Crippen MR) is 74.0 cm³/mol. The second kappa shape index (κ2) is 4.51. The standard InChI is InChI=1S/C13H14N4S/c1-2-10(14)12-6-15-7-17(12)9-3-4-11-13(5-9)18-8-16-11/h3-8,10H,2,14H2,1H3/t10-/m1/s1. The van der Waals surface area contributed by atoms with Crippen LogP contribution < -0.4 is 5.73 Å². The van der Waals surface area contributed by atoms with Gasteiger partial charge >= 0.3 is 0 Å². The fraction of sp³-hybridized carbons (Fsp3) is 0.231. The fourth-order valence-electron chi connectivity index (χ4n) is 2.00. The Balaban J connectivity index is 2.11. The second-order valence-corrected chi connectivity index (χ2v) is 5.09. The monoisotopic (exact) mass is 258 g/mol. The van der Waals surface area contributed by atoms with Gasteiger partial charge in [0.25, 0.3) is 0 Å². The summed E-state index contributed by atoms with van der Waals surface area (Å²) in [6.45, 7) is 2.08. The highest BCUT2D eigenvalue weighted by atomic mass is 32.1. The van der Waals surface area contributed by atoms with Gasteiger partial charge in [0.15, 0.2) is 0 Å². The Kier molecular flexibility index (Phi) is 2.85. The van der Waals surface area contributed by atoms with Crippen molar-refractivity contribution < 1.29 is 0 Å². The first-order chi connectivity index (χ1) is 8.79. The van der Waals surface area contributed by atoms with Crippen LogP contribution in [0, 0.1) is 0 Å². The molecule has 5 heteroatoms. The summed E-state index contributed by atoms with van der Waals surface area (Å²) in [4.78, 5) is 8.49. The van der Waals surface area contributed by atoms with E-state index in [2.05, 4.69) is 29.0 Å². The third kappa shape index (κ3) is 1.81. The molecule has 1 aromatic carbocycles. The molecule has 2 N–H and O–H groups in total. The first-order valence-corrected chi connectivity index (χ1v) is 6.79. The molecule has 1 atom stereocenters. The van der Waals surface area contributed by atoms with Crippen LogP contribution in [-0.4, -0.2) is 14.5 Å². The SMILES string of the molecule is CC[C@@H](N)c1cncn1-c1ccc2ncsc2c1. The Morgan fingerprint density at radius 1 is 1.44 bits per heavy atom. The van der Waals surface area contributed by atoms with Crippen LogP contribution in [0.3, 0.4) is 0 Å². The highest BCUT2D eigenvalue weighted by molar-refractivity contribution is 7.16. The van der Waals surface area contributed by atoms with E-state index in [0.29, 0.717) is 0 Å². The molecule has 0 bridgehead atoms. The third-order valence-electron chi connectivity index (χ3n) is 3.08. The van der Waals surface area contributed by atoms with Gasteiger partial charge in [0.05, 0.1) is 33.9 Å². The Hall–Kier alpha value is -1.72. The highest BCUT2D eigenvalue weighted by Gasteiger charge is 2.11. The summed E-state index contributed by atoms with van der Waals surface area (Å²) in [7, 11) is 0. The van der Waals surface area contributed by atoms with Crippen LogP contribution in [0.1, 0.15) is 25.1 Å². The molecule has 2 aromatic heterocycles. The second-order valence-electron chi connectivity index (χ2n) is 4.21. The van der Waals surface area contributed by atoms with Crippen molar-refractivity contribution in [3.05, 3.63) is 41.9 Å². The lowest BCUT2D eigenvalue weighted by molar-refractivity contribution is 0.660. The van der Waals surface area contributed by atoms with E-state index in [1.54, 1.807) is 11.3 Å². The molecule has 0 saturated carbocycles. The molecule has 4 nitrogen and oxygen atoms in total. The molecule has 0 amide bonds. The number of hydrogen-bond donors (Lipinski definition) is 1. The summed E-state index contributed by atoms with van der Waals surface area (Å²) < 4.78 is 3.23. The number of benzene rings is 1. The number of aromatic nitrogens is 3. The number of nitrogens with zero attached hydrogens (tertiary/aromatic N) is 3. The minimum atomic E-state index is 0.0182. The van der Waals surface area contributed by atoms with Gasteiger partial charge in [0.2, 0.25) is 0 Å². The van der Waals surface area contributed by atoms with Crippen molar-refractivity contribution in [1.29, 1.82) is 0 Å². The van der Waals surface area contributed by atoms with Crippen LogP contribution in [-0.2, 0) is 0 Å². The van der Waals surface area contributed by atoms with Crippen LogP contribution in [0.2, 0.25) is 0 Å². The molecule has 2 heterocycles. The van der Waals surface area contributed by atoms with E-state index in [9.17, 15) is 0 Å². The van der Waals surface area contributed by atoms with Crippen LogP contribution in [0.4, 0.5) is 0 Å². The van der Waals surface area contributed by atoms with Gasteiger partial charge in [0, 0.05) is 11.7 Å². The largest absolute Gasteiger partial charge is 0.323 e. The maximum absolute atomic E-state index is 6.10. The van der Waals surface area contributed by atoms with Crippen molar-refractivity contribution in [3.63, 3.8) is 0 Å². The highest BCUT2D eigenvalue weighted by Crippen LogP contribution is 2.24. The van der Waals surface area contributed by atoms with Crippen molar-refractivity contribution in [3.8, 4) is 5.69 Å². The van der Waals surface area contributed by atoms with Gasteiger partial charge < -0.3 is 10.3 Å². The predicted octanol–water partition coefficient (Wildman–Crippen LogP) is 2.89. The first kappa shape index (κ1) is 11.4. The summed E-state index contributed by atoms with van der Waals surface area (Å²) in [6, 6.07) is 6.23. The summed E-state index contributed by atoms with van der Waals surface area (Å²) in [5, 5.41) is 0. The quantitative estimate of drug-likeness (QED) is 0.786. The molecule has 0 unspecified atom stereocenters. The van der Waals surface area contributed by atoms with Gasteiger partial charge in [-0.15, -0.1) is 11.3 Å². The van der Waals surface area contributed by atoms with Crippen LogP contribution in [0.5, 0.6) is 0 Å². The van der Waals surface area contributed by atoms with E-state index < -0.39 is 0 Å². The lowest BCUT2D eigenvalue weighted by atomic mass is 10.2. The fourth-order valence-corrected chi connectivity index (χ4v) is 2.71. The van der Waals surface area contributed by atoms with E-state index in [0.717, 1.165) is 23.3 Å². The molecule has 0 spiro atoms. The summed E-state index contributed by atoms with van der Waals surface area (Å²) >= 11 is 1.64. The number of nitrogens with two attached hydrogens (primary N) is 1.